The van der Waals surface area contributed by atoms with Crippen molar-refractivity contribution in [1.82, 2.24) is 10.3 Å². The highest BCUT2D eigenvalue weighted by atomic mass is 16.5. The van der Waals surface area contributed by atoms with Crippen LogP contribution in [-0.2, 0) is 16.0 Å². The second kappa shape index (κ2) is 8.20. The third-order valence-electron chi connectivity index (χ3n) is 3.91. The number of aromatic amines is 1. The van der Waals surface area contributed by atoms with Crippen LogP contribution in [0.4, 0.5) is 5.69 Å². The summed E-state index contributed by atoms with van der Waals surface area (Å²) < 4.78 is 5.38. The number of fused-ring (bicyclic) bond motifs is 1. The maximum Gasteiger partial charge on any atom is 0.257 e. The van der Waals surface area contributed by atoms with Gasteiger partial charge in [0.1, 0.15) is 5.75 Å². The van der Waals surface area contributed by atoms with Gasteiger partial charge in [0.15, 0.2) is 6.61 Å². The molecule has 0 saturated carbocycles. The first-order valence-corrected chi connectivity index (χ1v) is 8.50. The summed E-state index contributed by atoms with van der Waals surface area (Å²) in [4.78, 5) is 26.8. The summed E-state index contributed by atoms with van der Waals surface area (Å²) in [6.07, 6.45) is 2.15. The normalized spacial score (nSPS) is 10.5. The summed E-state index contributed by atoms with van der Waals surface area (Å²) in [6.45, 7) is 2.40. The maximum absolute atomic E-state index is 12.3. The van der Waals surface area contributed by atoms with Crippen molar-refractivity contribution in [1.29, 1.82) is 0 Å². The van der Waals surface area contributed by atoms with Gasteiger partial charge >= 0.3 is 0 Å². The molecule has 0 unspecified atom stereocenters. The monoisotopic (exact) mass is 351 g/mol. The molecule has 0 fully saturated rings. The zero-order valence-electron chi connectivity index (χ0n) is 14.5. The van der Waals surface area contributed by atoms with Gasteiger partial charge in [-0.1, -0.05) is 18.2 Å². The Labute approximate surface area is 151 Å². The zero-order chi connectivity index (χ0) is 18.4. The van der Waals surface area contributed by atoms with Crippen molar-refractivity contribution in [3.63, 3.8) is 0 Å². The number of hydrogen-bond donors (Lipinski definition) is 3. The summed E-state index contributed by atoms with van der Waals surface area (Å²) in [5.74, 6) is 0.320. The quantitative estimate of drug-likeness (QED) is 0.612. The second-order valence-electron chi connectivity index (χ2n) is 5.85. The summed E-state index contributed by atoms with van der Waals surface area (Å²) >= 11 is 0. The number of ether oxygens (including phenoxy) is 1. The van der Waals surface area contributed by atoms with E-state index in [0.717, 1.165) is 16.5 Å². The molecule has 26 heavy (non-hydrogen) atoms. The number of amides is 2. The Hall–Kier alpha value is -3.28. The average Bonchev–Trinajstić information content (AvgIpc) is 3.04. The number of anilines is 1. The van der Waals surface area contributed by atoms with Crippen LogP contribution in [0.5, 0.6) is 5.75 Å². The van der Waals surface area contributed by atoms with Gasteiger partial charge in [0, 0.05) is 29.3 Å². The average molecular weight is 351 g/mol. The predicted octanol–water partition coefficient (Wildman–Crippen LogP) is 2.86. The molecule has 2 aromatic carbocycles. The third kappa shape index (κ3) is 4.42. The lowest BCUT2D eigenvalue weighted by Gasteiger charge is -2.08. The topological polar surface area (TPSA) is 83.2 Å². The fourth-order valence-electron chi connectivity index (χ4n) is 2.69. The van der Waals surface area contributed by atoms with Gasteiger partial charge in [-0.05, 0) is 42.8 Å². The van der Waals surface area contributed by atoms with E-state index in [-0.39, 0.29) is 18.4 Å². The Bertz CT molecular complexity index is 900. The summed E-state index contributed by atoms with van der Waals surface area (Å²) in [7, 11) is 0. The van der Waals surface area contributed by atoms with E-state index in [4.69, 9.17) is 4.74 Å². The minimum atomic E-state index is -0.163. The molecule has 0 bridgehead atoms. The lowest BCUT2D eigenvalue weighted by molar-refractivity contribution is -0.123. The SMILES string of the molecule is CCNC(=O)COc1ccc(NC(=O)Cc2c[nH]c3ccccc23)cc1. The highest BCUT2D eigenvalue weighted by Crippen LogP contribution is 2.19. The van der Waals surface area contributed by atoms with E-state index >= 15 is 0 Å². The zero-order valence-corrected chi connectivity index (χ0v) is 14.5. The molecule has 6 nitrogen and oxygen atoms in total. The van der Waals surface area contributed by atoms with Crippen molar-refractivity contribution < 1.29 is 14.3 Å². The predicted molar refractivity (Wildman–Crippen MR) is 101 cm³/mol. The molecule has 0 atom stereocenters. The first kappa shape index (κ1) is 17.5. The molecule has 0 radical (unpaired) electrons. The Balaban J connectivity index is 1.55. The number of rotatable bonds is 7. The molecule has 0 spiro atoms. The van der Waals surface area contributed by atoms with Crippen LogP contribution in [0.15, 0.2) is 54.7 Å². The van der Waals surface area contributed by atoms with Gasteiger partial charge in [0.25, 0.3) is 5.91 Å². The lowest BCUT2D eigenvalue weighted by atomic mass is 10.1. The smallest absolute Gasteiger partial charge is 0.257 e. The number of para-hydroxylation sites is 1. The second-order valence-corrected chi connectivity index (χ2v) is 5.85. The molecule has 3 rings (SSSR count). The number of likely N-dealkylation sites (N-methyl/N-ethyl adjacent to an activating group) is 1. The van der Waals surface area contributed by atoms with Crippen molar-refractivity contribution in [2.24, 2.45) is 0 Å². The highest BCUT2D eigenvalue weighted by molar-refractivity contribution is 5.95. The van der Waals surface area contributed by atoms with Crippen LogP contribution >= 0.6 is 0 Å². The Kier molecular flexibility index (Phi) is 5.53. The van der Waals surface area contributed by atoms with Crippen LogP contribution in [-0.4, -0.2) is 29.9 Å². The number of carbonyl (C=O) groups is 2. The minimum Gasteiger partial charge on any atom is -0.484 e. The molecule has 0 saturated heterocycles. The lowest BCUT2D eigenvalue weighted by Crippen LogP contribution is -2.28. The third-order valence-corrected chi connectivity index (χ3v) is 3.91. The van der Waals surface area contributed by atoms with Gasteiger partial charge in [-0.25, -0.2) is 0 Å². The molecule has 0 aliphatic carbocycles. The van der Waals surface area contributed by atoms with Crippen molar-refractivity contribution in [3.8, 4) is 5.75 Å². The van der Waals surface area contributed by atoms with Crippen LogP contribution in [0.2, 0.25) is 0 Å². The van der Waals surface area contributed by atoms with E-state index < -0.39 is 0 Å². The largest absolute Gasteiger partial charge is 0.484 e. The summed E-state index contributed by atoms with van der Waals surface area (Å²) in [5, 5.41) is 6.59. The van der Waals surface area contributed by atoms with Gasteiger partial charge < -0.3 is 20.4 Å². The first-order chi connectivity index (χ1) is 12.7. The fourth-order valence-corrected chi connectivity index (χ4v) is 2.69. The molecule has 2 amide bonds. The number of carbonyl (C=O) groups excluding carboxylic acids is 2. The van der Waals surface area contributed by atoms with Crippen LogP contribution in [0, 0.1) is 0 Å². The van der Waals surface area contributed by atoms with Gasteiger partial charge in [-0.2, -0.15) is 0 Å². The van der Waals surface area contributed by atoms with Crippen LogP contribution in [0.1, 0.15) is 12.5 Å². The van der Waals surface area contributed by atoms with Crippen LogP contribution in [0.25, 0.3) is 10.9 Å². The molecular weight excluding hydrogens is 330 g/mol. The number of H-pyrrole nitrogens is 1. The molecule has 0 aliphatic heterocycles. The first-order valence-electron chi connectivity index (χ1n) is 8.50. The van der Waals surface area contributed by atoms with E-state index in [9.17, 15) is 9.59 Å². The molecule has 3 aromatic rings. The maximum atomic E-state index is 12.3. The van der Waals surface area contributed by atoms with Gasteiger partial charge in [0.2, 0.25) is 5.91 Å². The Morgan fingerprint density at radius 2 is 1.81 bits per heavy atom. The molecule has 6 heteroatoms. The molecule has 134 valence electrons. The number of hydrogen-bond acceptors (Lipinski definition) is 3. The number of benzene rings is 2. The van der Waals surface area contributed by atoms with Crippen molar-refractivity contribution in [2.75, 3.05) is 18.5 Å². The van der Waals surface area contributed by atoms with E-state index in [1.165, 1.54) is 0 Å². The molecular formula is C20H21N3O3. The standard InChI is InChI=1S/C20H21N3O3/c1-2-21-20(25)13-26-16-9-7-15(8-10-16)23-19(24)11-14-12-22-18-6-4-3-5-17(14)18/h3-10,12,22H,2,11,13H2,1H3,(H,21,25)(H,23,24). The molecule has 0 aliphatic rings. The molecule has 1 heterocycles. The number of aromatic nitrogens is 1. The fraction of sp³-hybridized carbons (Fsp3) is 0.200. The van der Waals surface area contributed by atoms with Gasteiger partial charge in [0.05, 0.1) is 6.42 Å². The van der Waals surface area contributed by atoms with Crippen molar-refractivity contribution in [2.45, 2.75) is 13.3 Å². The van der Waals surface area contributed by atoms with Crippen molar-refractivity contribution >= 4 is 28.4 Å². The van der Waals surface area contributed by atoms with Gasteiger partial charge in [-0.3, -0.25) is 9.59 Å². The van der Waals surface area contributed by atoms with E-state index in [2.05, 4.69) is 15.6 Å². The number of nitrogens with one attached hydrogen (secondary N) is 3. The van der Waals surface area contributed by atoms with Crippen LogP contribution < -0.4 is 15.4 Å². The van der Waals surface area contributed by atoms with Crippen molar-refractivity contribution in [3.05, 3.63) is 60.3 Å². The highest BCUT2D eigenvalue weighted by Gasteiger charge is 2.09. The molecule has 3 N–H and O–H groups in total. The van der Waals surface area contributed by atoms with Gasteiger partial charge in [-0.15, -0.1) is 0 Å². The summed E-state index contributed by atoms with van der Waals surface area (Å²) in [6, 6.07) is 14.8. The minimum absolute atomic E-state index is 0.0277. The summed E-state index contributed by atoms with van der Waals surface area (Å²) in [5.41, 5.74) is 2.66. The Morgan fingerprint density at radius 1 is 1.04 bits per heavy atom. The van der Waals surface area contributed by atoms with Crippen LogP contribution in [0.3, 0.4) is 0 Å². The molecule has 1 aromatic heterocycles. The van der Waals surface area contributed by atoms with E-state index in [1.54, 1.807) is 24.3 Å². The van der Waals surface area contributed by atoms with E-state index in [1.807, 2.05) is 37.4 Å². The Morgan fingerprint density at radius 3 is 2.58 bits per heavy atom. The van der Waals surface area contributed by atoms with E-state index in [0.29, 0.717) is 24.4 Å².